The molecule has 1 aliphatic carbocycles. The van der Waals surface area contributed by atoms with Crippen molar-refractivity contribution in [3.63, 3.8) is 0 Å². The molecule has 2 fully saturated rings. The first-order valence-electron chi connectivity index (χ1n) is 15.4. The van der Waals surface area contributed by atoms with Gasteiger partial charge in [-0.3, -0.25) is 14.4 Å². The van der Waals surface area contributed by atoms with Crippen LogP contribution in [0.25, 0.3) is 10.8 Å². The van der Waals surface area contributed by atoms with Crippen LogP contribution < -0.4 is 16.0 Å². The summed E-state index contributed by atoms with van der Waals surface area (Å²) >= 11 is 0. The maximum atomic E-state index is 13.5. The van der Waals surface area contributed by atoms with Crippen LogP contribution in [0.15, 0.2) is 42.5 Å². The third kappa shape index (κ3) is 8.76. The van der Waals surface area contributed by atoms with Gasteiger partial charge in [0.15, 0.2) is 0 Å². The smallest absolute Gasteiger partial charge is 0.243 e. The summed E-state index contributed by atoms with van der Waals surface area (Å²) in [6.07, 6.45) is 7.23. The summed E-state index contributed by atoms with van der Waals surface area (Å²) < 4.78 is 0. The summed E-state index contributed by atoms with van der Waals surface area (Å²) in [6.45, 7) is 7.49. The number of aliphatic hydroxyl groups excluding tert-OH is 1. The van der Waals surface area contributed by atoms with Gasteiger partial charge in [0.25, 0.3) is 0 Å². The highest BCUT2D eigenvalue weighted by Crippen LogP contribution is 2.26. The normalized spacial score (nSPS) is 19.6. The topological polar surface area (TPSA) is 111 Å². The summed E-state index contributed by atoms with van der Waals surface area (Å²) in [7, 11) is 0. The third-order valence-electron chi connectivity index (χ3n) is 8.39. The van der Waals surface area contributed by atoms with Crippen LogP contribution in [-0.4, -0.2) is 72.1 Å². The van der Waals surface area contributed by atoms with Crippen molar-refractivity contribution in [2.24, 2.45) is 11.3 Å². The molecule has 4 N–H and O–H groups in total. The molecule has 3 atom stereocenters. The number of fused-ring (bicyclic) bond motifs is 1. The van der Waals surface area contributed by atoms with E-state index in [0.29, 0.717) is 31.8 Å². The molecule has 0 radical (unpaired) electrons. The first-order chi connectivity index (χ1) is 19.6. The second-order valence-corrected chi connectivity index (χ2v) is 12.9. The molecule has 41 heavy (non-hydrogen) atoms. The number of aliphatic hydroxyl groups is 1. The lowest BCUT2D eigenvalue weighted by Crippen LogP contribution is -2.55. The number of likely N-dealkylation sites (tertiary alicyclic amines) is 1. The van der Waals surface area contributed by atoms with Crippen molar-refractivity contribution in [2.45, 2.75) is 90.3 Å². The first kappa shape index (κ1) is 31.0. The SMILES string of the molecule is CC(C)(C)C(=O)N1CCC[C@H]1C(=O)N[C@H](Cc1ccc2ccccc2c1)C(=O)NCC(O)CNCC1CCCCC1. The highest BCUT2D eigenvalue weighted by molar-refractivity contribution is 5.93. The summed E-state index contributed by atoms with van der Waals surface area (Å²) in [5.74, 6) is -0.0535. The summed E-state index contributed by atoms with van der Waals surface area (Å²) in [6, 6.07) is 12.6. The second kappa shape index (κ2) is 14.3. The van der Waals surface area contributed by atoms with Crippen LogP contribution in [0.4, 0.5) is 0 Å². The van der Waals surface area contributed by atoms with E-state index in [-0.39, 0.29) is 24.3 Å². The van der Waals surface area contributed by atoms with Gasteiger partial charge in [0.2, 0.25) is 17.7 Å². The predicted octanol–water partition coefficient (Wildman–Crippen LogP) is 3.55. The van der Waals surface area contributed by atoms with Crippen molar-refractivity contribution >= 4 is 28.5 Å². The van der Waals surface area contributed by atoms with E-state index >= 15 is 0 Å². The lowest BCUT2D eigenvalue weighted by atomic mass is 9.89. The van der Waals surface area contributed by atoms with E-state index < -0.39 is 23.6 Å². The Bertz CT molecular complexity index is 1190. The molecule has 0 aromatic heterocycles. The Balaban J connectivity index is 1.40. The van der Waals surface area contributed by atoms with Crippen LogP contribution in [0.5, 0.6) is 0 Å². The summed E-state index contributed by atoms with van der Waals surface area (Å²) in [5, 5.41) is 21.9. The van der Waals surface area contributed by atoms with Gasteiger partial charge >= 0.3 is 0 Å². The Morgan fingerprint density at radius 3 is 2.41 bits per heavy atom. The molecule has 0 bridgehead atoms. The molecule has 8 nitrogen and oxygen atoms in total. The molecule has 0 spiro atoms. The number of hydrogen-bond acceptors (Lipinski definition) is 5. The average Bonchev–Trinajstić information content (AvgIpc) is 3.45. The van der Waals surface area contributed by atoms with Crippen LogP contribution in [-0.2, 0) is 20.8 Å². The Kier molecular flexibility index (Phi) is 10.8. The van der Waals surface area contributed by atoms with Gasteiger partial charge in [0, 0.05) is 31.5 Å². The maximum absolute atomic E-state index is 13.5. The fourth-order valence-corrected chi connectivity index (χ4v) is 6.05. The van der Waals surface area contributed by atoms with E-state index in [2.05, 4.69) is 16.0 Å². The average molecular weight is 565 g/mol. The van der Waals surface area contributed by atoms with Crippen molar-refractivity contribution in [1.29, 1.82) is 0 Å². The number of benzene rings is 2. The molecule has 1 saturated heterocycles. The van der Waals surface area contributed by atoms with Crippen molar-refractivity contribution in [3.8, 4) is 0 Å². The zero-order valence-corrected chi connectivity index (χ0v) is 25.0. The number of carbonyl (C=O) groups excluding carboxylic acids is 3. The van der Waals surface area contributed by atoms with Gasteiger partial charge in [-0.2, -0.15) is 0 Å². The van der Waals surface area contributed by atoms with Crippen molar-refractivity contribution < 1.29 is 19.5 Å². The fourth-order valence-electron chi connectivity index (χ4n) is 6.05. The molecule has 1 aliphatic heterocycles. The van der Waals surface area contributed by atoms with Gasteiger partial charge < -0.3 is 26.0 Å². The van der Waals surface area contributed by atoms with Crippen molar-refractivity contribution in [1.82, 2.24) is 20.9 Å². The molecule has 8 heteroatoms. The monoisotopic (exact) mass is 564 g/mol. The molecule has 2 aromatic rings. The van der Waals surface area contributed by atoms with Crippen molar-refractivity contribution in [3.05, 3.63) is 48.0 Å². The van der Waals surface area contributed by atoms with Crippen LogP contribution in [0.2, 0.25) is 0 Å². The summed E-state index contributed by atoms with van der Waals surface area (Å²) in [4.78, 5) is 41.6. The molecule has 2 aliphatic rings. The Hall–Kier alpha value is -2.97. The van der Waals surface area contributed by atoms with Gasteiger partial charge in [0.1, 0.15) is 12.1 Å². The largest absolute Gasteiger partial charge is 0.390 e. The molecule has 4 rings (SSSR count). The van der Waals surface area contributed by atoms with E-state index in [4.69, 9.17) is 0 Å². The second-order valence-electron chi connectivity index (χ2n) is 12.9. The molecule has 1 unspecified atom stereocenters. The Labute approximate surface area is 244 Å². The molecular weight excluding hydrogens is 516 g/mol. The van der Waals surface area contributed by atoms with Gasteiger partial charge in [-0.05, 0) is 54.5 Å². The van der Waals surface area contributed by atoms with Crippen LogP contribution in [0.1, 0.15) is 71.3 Å². The van der Waals surface area contributed by atoms with Gasteiger partial charge in [-0.25, -0.2) is 0 Å². The maximum Gasteiger partial charge on any atom is 0.243 e. The highest BCUT2D eigenvalue weighted by atomic mass is 16.3. The summed E-state index contributed by atoms with van der Waals surface area (Å²) in [5.41, 5.74) is 0.333. The van der Waals surface area contributed by atoms with E-state index in [1.54, 1.807) is 4.90 Å². The Morgan fingerprint density at radius 1 is 0.951 bits per heavy atom. The number of rotatable bonds is 11. The lowest BCUT2D eigenvalue weighted by molar-refractivity contribution is -0.145. The zero-order chi connectivity index (χ0) is 29.4. The van der Waals surface area contributed by atoms with Crippen LogP contribution in [0.3, 0.4) is 0 Å². The lowest BCUT2D eigenvalue weighted by Gasteiger charge is -2.31. The molecule has 224 valence electrons. The molecule has 1 heterocycles. The van der Waals surface area contributed by atoms with Gasteiger partial charge in [0.05, 0.1) is 6.10 Å². The van der Waals surface area contributed by atoms with E-state index in [0.717, 1.165) is 29.3 Å². The van der Waals surface area contributed by atoms with E-state index in [9.17, 15) is 19.5 Å². The molecular formula is C33H48N4O4. The molecule has 1 saturated carbocycles. The number of hydrogen-bond donors (Lipinski definition) is 4. The number of nitrogens with zero attached hydrogens (tertiary/aromatic N) is 1. The fraction of sp³-hybridized carbons (Fsp3) is 0.606. The van der Waals surface area contributed by atoms with Crippen LogP contribution in [0, 0.1) is 11.3 Å². The standard InChI is InChI=1S/C33H48N4O4/c1-33(2,3)32(41)37-17-9-14-29(37)31(40)36-28(19-24-15-16-25-12-7-8-13-26(25)18-24)30(39)35-22-27(38)21-34-20-23-10-5-4-6-11-23/h7-8,12-13,15-16,18,23,27-29,34,38H,4-6,9-11,14,17,19-22H2,1-3H3,(H,35,39)(H,36,40)/t27?,28-,29+/m1/s1. The minimum absolute atomic E-state index is 0.0606. The minimum atomic E-state index is -0.835. The number of nitrogens with one attached hydrogen (secondary N) is 3. The molecule has 3 amide bonds. The van der Waals surface area contributed by atoms with E-state index in [1.165, 1.54) is 32.1 Å². The predicted molar refractivity (Wildman–Crippen MR) is 162 cm³/mol. The van der Waals surface area contributed by atoms with Crippen molar-refractivity contribution in [2.75, 3.05) is 26.2 Å². The van der Waals surface area contributed by atoms with Gasteiger partial charge in [-0.1, -0.05) is 82.5 Å². The first-order valence-corrected chi connectivity index (χ1v) is 15.4. The number of amides is 3. The Morgan fingerprint density at radius 2 is 1.68 bits per heavy atom. The molecule has 2 aromatic carbocycles. The minimum Gasteiger partial charge on any atom is -0.390 e. The van der Waals surface area contributed by atoms with Gasteiger partial charge in [-0.15, -0.1) is 0 Å². The zero-order valence-electron chi connectivity index (χ0n) is 25.0. The highest BCUT2D eigenvalue weighted by Gasteiger charge is 2.39. The van der Waals surface area contributed by atoms with Crippen LogP contribution >= 0.6 is 0 Å². The quantitative estimate of drug-likeness (QED) is 0.334. The number of carbonyl (C=O) groups is 3. The van der Waals surface area contributed by atoms with E-state index in [1.807, 2.05) is 63.2 Å². The third-order valence-corrected chi connectivity index (χ3v) is 8.39.